The SMILES string of the molecule is CCCNc1cc([N+](=O)[O-])cc(NC2CCSCC2)n1. The van der Waals surface area contributed by atoms with E-state index in [4.69, 9.17) is 0 Å². The van der Waals surface area contributed by atoms with Crippen molar-refractivity contribution in [2.75, 3.05) is 28.7 Å². The summed E-state index contributed by atoms with van der Waals surface area (Å²) >= 11 is 1.95. The third-order valence-electron chi connectivity index (χ3n) is 3.15. The minimum absolute atomic E-state index is 0.0753. The summed E-state index contributed by atoms with van der Waals surface area (Å²) in [6.45, 7) is 2.80. The van der Waals surface area contributed by atoms with Crippen LogP contribution in [0.4, 0.5) is 17.3 Å². The van der Waals surface area contributed by atoms with E-state index >= 15 is 0 Å². The molecule has 1 aromatic heterocycles. The summed E-state index contributed by atoms with van der Waals surface area (Å²) in [5, 5.41) is 17.4. The van der Waals surface area contributed by atoms with E-state index in [1.165, 1.54) is 12.1 Å². The minimum Gasteiger partial charge on any atom is -0.370 e. The molecule has 0 radical (unpaired) electrons. The lowest BCUT2D eigenvalue weighted by Crippen LogP contribution is -2.25. The molecule has 0 spiro atoms. The van der Waals surface area contributed by atoms with E-state index in [2.05, 4.69) is 15.6 Å². The summed E-state index contributed by atoms with van der Waals surface area (Å²) < 4.78 is 0. The van der Waals surface area contributed by atoms with Crippen LogP contribution in [0.1, 0.15) is 26.2 Å². The Hall–Kier alpha value is -1.50. The fourth-order valence-corrected chi connectivity index (χ4v) is 3.20. The van der Waals surface area contributed by atoms with Gasteiger partial charge in [-0.15, -0.1) is 0 Å². The number of thioether (sulfide) groups is 1. The third kappa shape index (κ3) is 4.26. The number of anilines is 2. The van der Waals surface area contributed by atoms with E-state index < -0.39 is 0 Å². The molecule has 0 aliphatic carbocycles. The van der Waals surface area contributed by atoms with Gasteiger partial charge in [-0.3, -0.25) is 10.1 Å². The molecule has 0 atom stereocenters. The first-order chi connectivity index (χ1) is 9.69. The molecular formula is C13H20N4O2S. The summed E-state index contributed by atoms with van der Waals surface area (Å²) in [5.74, 6) is 3.42. The Morgan fingerprint density at radius 2 is 2.10 bits per heavy atom. The molecule has 1 aliphatic rings. The second-order valence-electron chi connectivity index (χ2n) is 4.81. The van der Waals surface area contributed by atoms with Crippen LogP contribution in [-0.2, 0) is 0 Å². The van der Waals surface area contributed by atoms with Crippen molar-refractivity contribution in [3.63, 3.8) is 0 Å². The predicted octanol–water partition coefficient (Wildman–Crippen LogP) is 3.12. The Bertz CT molecular complexity index is 464. The number of hydrogen-bond donors (Lipinski definition) is 2. The van der Waals surface area contributed by atoms with Crippen LogP contribution in [0.2, 0.25) is 0 Å². The quantitative estimate of drug-likeness (QED) is 0.620. The van der Waals surface area contributed by atoms with E-state index in [-0.39, 0.29) is 10.6 Å². The zero-order valence-electron chi connectivity index (χ0n) is 11.6. The first kappa shape index (κ1) is 14.9. The van der Waals surface area contributed by atoms with Crippen LogP contribution < -0.4 is 10.6 Å². The van der Waals surface area contributed by atoms with Gasteiger partial charge in [0, 0.05) is 12.6 Å². The first-order valence-electron chi connectivity index (χ1n) is 6.93. The van der Waals surface area contributed by atoms with Crippen molar-refractivity contribution in [1.29, 1.82) is 0 Å². The van der Waals surface area contributed by atoms with Gasteiger partial charge in [-0.2, -0.15) is 11.8 Å². The molecule has 110 valence electrons. The summed E-state index contributed by atoms with van der Waals surface area (Å²) in [5.41, 5.74) is 0.0753. The Morgan fingerprint density at radius 3 is 2.75 bits per heavy atom. The number of pyridine rings is 1. The van der Waals surface area contributed by atoms with Gasteiger partial charge in [-0.05, 0) is 30.8 Å². The zero-order chi connectivity index (χ0) is 14.4. The van der Waals surface area contributed by atoms with E-state index in [9.17, 15) is 10.1 Å². The van der Waals surface area contributed by atoms with Gasteiger partial charge in [0.25, 0.3) is 5.69 Å². The number of nitrogens with one attached hydrogen (secondary N) is 2. The monoisotopic (exact) mass is 296 g/mol. The topological polar surface area (TPSA) is 80.1 Å². The molecule has 0 bridgehead atoms. The van der Waals surface area contributed by atoms with Crippen molar-refractivity contribution in [2.24, 2.45) is 0 Å². The average molecular weight is 296 g/mol. The normalized spacial score (nSPS) is 15.8. The molecule has 7 heteroatoms. The van der Waals surface area contributed by atoms with Crippen LogP contribution >= 0.6 is 11.8 Å². The Labute approximate surface area is 122 Å². The maximum absolute atomic E-state index is 11.0. The summed E-state index contributed by atoms with van der Waals surface area (Å²) in [6, 6.07) is 3.36. The molecular weight excluding hydrogens is 276 g/mol. The molecule has 1 aliphatic heterocycles. The van der Waals surface area contributed by atoms with E-state index in [1.54, 1.807) is 0 Å². The number of aromatic nitrogens is 1. The van der Waals surface area contributed by atoms with Crippen LogP contribution in [0.3, 0.4) is 0 Å². The van der Waals surface area contributed by atoms with Crippen LogP contribution in [0.25, 0.3) is 0 Å². The van der Waals surface area contributed by atoms with Crippen LogP contribution in [0.5, 0.6) is 0 Å². The number of nitro groups is 1. The number of rotatable bonds is 6. The highest BCUT2D eigenvalue weighted by atomic mass is 32.2. The molecule has 1 aromatic rings. The van der Waals surface area contributed by atoms with Gasteiger partial charge in [-0.25, -0.2) is 4.98 Å². The molecule has 1 saturated heterocycles. The maximum atomic E-state index is 11.0. The zero-order valence-corrected chi connectivity index (χ0v) is 12.4. The first-order valence-corrected chi connectivity index (χ1v) is 8.09. The minimum atomic E-state index is -0.374. The smallest absolute Gasteiger partial charge is 0.276 e. The molecule has 2 heterocycles. The van der Waals surface area contributed by atoms with Crippen molar-refractivity contribution in [3.8, 4) is 0 Å². The highest BCUT2D eigenvalue weighted by molar-refractivity contribution is 7.99. The third-order valence-corrected chi connectivity index (χ3v) is 4.20. The molecule has 2 N–H and O–H groups in total. The highest BCUT2D eigenvalue weighted by Crippen LogP contribution is 2.24. The van der Waals surface area contributed by atoms with Gasteiger partial charge in [0.05, 0.1) is 17.1 Å². The van der Waals surface area contributed by atoms with Crippen molar-refractivity contribution < 1.29 is 4.92 Å². The Balaban J connectivity index is 2.12. The lowest BCUT2D eigenvalue weighted by Gasteiger charge is -2.23. The molecule has 6 nitrogen and oxygen atoms in total. The van der Waals surface area contributed by atoms with Crippen molar-refractivity contribution in [2.45, 2.75) is 32.2 Å². The molecule has 0 aromatic carbocycles. The standard InChI is InChI=1S/C13H20N4O2S/c1-2-5-14-12-8-11(17(18)19)9-13(16-12)15-10-3-6-20-7-4-10/h8-10H,2-7H2,1H3,(H2,14,15,16). The van der Waals surface area contributed by atoms with Crippen molar-refractivity contribution >= 4 is 29.1 Å². The van der Waals surface area contributed by atoms with Gasteiger partial charge in [0.2, 0.25) is 0 Å². The predicted molar refractivity (Wildman–Crippen MR) is 83.6 cm³/mol. The number of nitrogens with zero attached hydrogens (tertiary/aromatic N) is 2. The summed E-state index contributed by atoms with van der Waals surface area (Å²) in [4.78, 5) is 15.0. The second kappa shape index (κ2) is 7.33. The molecule has 0 saturated carbocycles. The summed E-state index contributed by atoms with van der Waals surface area (Å²) in [6.07, 6.45) is 3.10. The Kier molecular flexibility index (Phi) is 5.46. The molecule has 1 fully saturated rings. The maximum Gasteiger partial charge on any atom is 0.276 e. The van der Waals surface area contributed by atoms with E-state index in [0.717, 1.165) is 37.3 Å². The second-order valence-corrected chi connectivity index (χ2v) is 6.04. The number of hydrogen-bond acceptors (Lipinski definition) is 6. The van der Waals surface area contributed by atoms with Crippen LogP contribution in [0.15, 0.2) is 12.1 Å². The van der Waals surface area contributed by atoms with E-state index in [1.807, 2.05) is 18.7 Å². The van der Waals surface area contributed by atoms with Gasteiger partial charge in [-0.1, -0.05) is 6.92 Å². The Morgan fingerprint density at radius 1 is 1.40 bits per heavy atom. The van der Waals surface area contributed by atoms with Crippen LogP contribution in [0, 0.1) is 10.1 Å². The summed E-state index contributed by atoms with van der Waals surface area (Å²) in [7, 11) is 0. The van der Waals surface area contributed by atoms with Gasteiger partial charge < -0.3 is 10.6 Å². The lowest BCUT2D eigenvalue weighted by molar-refractivity contribution is -0.384. The fraction of sp³-hybridized carbons (Fsp3) is 0.615. The van der Waals surface area contributed by atoms with Crippen molar-refractivity contribution in [3.05, 3.63) is 22.2 Å². The van der Waals surface area contributed by atoms with Gasteiger partial charge in [0.1, 0.15) is 11.6 Å². The highest BCUT2D eigenvalue weighted by Gasteiger charge is 2.16. The fourth-order valence-electron chi connectivity index (χ4n) is 2.09. The lowest BCUT2D eigenvalue weighted by atomic mass is 10.1. The van der Waals surface area contributed by atoms with Gasteiger partial charge in [0.15, 0.2) is 0 Å². The molecule has 0 amide bonds. The molecule has 2 rings (SSSR count). The van der Waals surface area contributed by atoms with E-state index in [0.29, 0.717) is 17.7 Å². The van der Waals surface area contributed by atoms with Crippen molar-refractivity contribution in [1.82, 2.24) is 4.98 Å². The van der Waals surface area contributed by atoms with Crippen LogP contribution in [-0.4, -0.2) is 34.0 Å². The molecule has 0 unspecified atom stereocenters. The average Bonchev–Trinajstić information content (AvgIpc) is 2.46. The largest absolute Gasteiger partial charge is 0.370 e. The molecule has 20 heavy (non-hydrogen) atoms. The van der Waals surface area contributed by atoms with Gasteiger partial charge >= 0.3 is 0 Å².